The molecule has 2 aromatic heterocycles. The predicted octanol–water partition coefficient (Wildman–Crippen LogP) is 3.35. The molecule has 20 heavy (non-hydrogen) atoms. The molecule has 0 bridgehead atoms. The van der Waals surface area contributed by atoms with Crippen LogP contribution in [0.25, 0.3) is 0 Å². The third-order valence-electron chi connectivity index (χ3n) is 2.68. The highest BCUT2D eigenvalue weighted by molar-refractivity contribution is 5.98. The van der Waals surface area contributed by atoms with Gasteiger partial charge in [-0.2, -0.15) is 0 Å². The van der Waals surface area contributed by atoms with E-state index in [1.165, 1.54) is 0 Å². The average Bonchev–Trinajstić information content (AvgIpc) is 2.24. The van der Waals surface area contributed by atoms with Gasteiger partial charge in [0.15, 0.2) is 0 Å². The van der Waals surface area contributed by atoms with Crippen molar-refractivity contribution in [1.82, 2.24) is 9.97 Å². The van der Waals surface area contributed by atoms with Gasteiger partial charge < -0.3 is 0 Å². The van der Waals surface area contributed by atoms with E-state index in [-0.39, 0.29) is 6.03 Å². The molecule has 104 valence electrons. The molecule has 0 aromatic carbocycles. The molecule has 0 saturated heterocycles. The first-order valence-corrected chi connectivity index (χ1v) is 6.41. The molecule has 2 rings (SSSR count). The van der Waals surface area contributed by atoms with Gasteiger partial charge in [0.1, 0.15) is 11.6 Å². The molecule has 0 aliphatic rings. The second kappa shape index (κ2) is 5.69. The Labute approximate surface area is 118 Å². The van der Waals surface area contributed by atoms with Gasteiger partial charge in [0.05, 0.1) is 0 Å². The van der Waals surface area contributed by atoms with Gasteiger partial charge in [0, 0.05) is 11.4 Å². The fourth-order valence-electron chi connectivity index (χ4n) is 2.07. The lowest BCUT2D eigenvalue weighted by Crippen LogP contribution is -2.21. The van der Waals surface area contributed by atoms with Crippen molar-refractivity contribution >= 4 is 17.7 Å². The van der Waals surface area contributed by atoms with Crippen LogP contribution in [0.5, 0.6) is 0 Å². The normalized spacial score (nSPS) is 10.2. The third kappa shape index (κ3) is 3.78. The van der Waals surface area contributed by atoms with Crippen molar-refractivity contribution in [3.8, 4) is 0 Å². The van der Waals surface area contributed by atoms with Crippen molar-refractivity contribution in [3.63, 3.8) is 0 Å². The zero-order chi connectivity index (χ0) is 14.7. The molecule has 0 saturated carbocycles. The first-order chi connectivity index (χ1) is 9.42. The van der Waals surface area contributed by atoms with Gasteiger partial charge in [-0.15, -0.1) is 0 Å². The van der Waals surface area contributed by atoms with Crippen LogP contribution in [0.4, 0.5) is 16.4 Å². The van der Waals surface area contributed by atoms with Crippen LogP contribution in [0.1, 0.15) is 22.5 Å². The Morgan fingerprint density at radius 1 is 0.800 bits per heavy atom. The van der Waals surface area contributed by atoms with Crippen LogP contribution >= 0.6 is 0 Å². The van der Waals surface area contributed by atoms with E-state index in [0.29, 0.717) is 11.6 Å². The summed E-state index contributed by atoms with van der Waals surface area (Å²) in [5.74, 6) is 1.06. The van der Waals surface area contributed by atoms with Crippen LogP contribution in [0, 0.1) is 27.7 Å². The van der Waals surface area contributed by atoms with Gasteiger partial charge in [-0.25, -0.2) is 14.8 Å². The molecular formula is C15H18N4O. The van der Waals surface area contributed by atoms with E-state index in [2.05, 4.69) is 20.6 Å². The number of nitrogens with zero attached hydrogens (tertiary/aromatic N) is 2. The lowest BCUT2D eigenvalue weighted by molar-refractivity contribution is 0.262. The van der Waals surface area contributed by atoms with Gasteiger partial charge in [0.2, 0.25) is 0 Å². The molecule has 2 N–H and O–H groups in total. The summed E-state index contributed by atoms with van der Waals surface area (Å²) in [5.41, 5.74) is 3.84. The number of hydrogen-bond donors (Lipinski definition) is 2. The highest BCUT2D eigenvalue weighted by Crippen LogP contribution is 2.11. The molecule has 0 atom stereocenters. The number of amides is 2. The molecule has 2 amide bonds. The number of carbonyl (C=O) groups is 1. The van der Waals surface area contributed by atoms with Gasteiger partial charge in [0.25, 0.3) is 0 Å². The zero-order valence-corrected chi connectivity index (χ0v) is 12.1. The van der Waals surface area contributed by atoms with Crippen molar-refractivity contribution in [2.45, 2.75) is 27.7 Å². The van der Waals surface area contributed by atoms with Gasteiger partial charge in [-0.1, -0.05) is 0 Å². The van der Waals surface area contributed by atoms with Crippen LogP contribution in [-0.4, -0.2) is 16.0 Å². The van der Waals surface area contributed by atoms with Gasteiger partial charge in [-0.05, 0) is 63.1 Å². The first kappa shape index (κ1) is 14.0. The molecule has 0 fully saturated rings. The van der Waals surface area contributed by atoms with Crippen LogP contribution in [0.2, 0.25) is 0 Å². The fraction of sp³-hybridized carbons (Fsp3) is 0.267. The molecule has 0 unspecified atom stereocenters. The second-order valence-corrected chi connectivity index (χ2v) is 4.92. The van der Waals surface area contributed by atoms with Crippen LogP contribution in [0.15, 0.2) is 24.3 Å². The van der Waals surface area contributed by atoms with Crippen molar-refractivity contribution in [1.29, 1.82) is 0 Å². The van der Waals surface area contributed by atoms with Crippen molar-refractivity contribution in [3.05, 3.63) is 46.8 Å². The summed E-state index contributed by atoms with van der Waals surface area (Å²) in [5, 5.41) is 5.42. The topological polar surface area (TPSA) is 66.9 Å². The summed E-state index contributed by atoms with van der Waals surface area (Å²) in [6, 6.07) is 7.20. The van der Waals surface area contributed by atoms with Crippen LogP contribution in [-0.2, 0) is 0 Å². The Bertz CT molecular complexity index is 556. The molecule has 2 heterocycles. The fourth-order valence-corrected chi connectivity index (χ4v) is 2.07. The van der Waals surface area contributed by atoms with E-state index in [9.17, 15) is 4.79 Å². The number of aromatic nitrogens is 2. The minimum absolute atomic E-state index is 0.347. The highest BCUT2D eigenvalue weighted by Gasteiger charge is 2.06. The van der Waals surface area contributed by atoms with E-state index in [0.717, 1.165) is 22.5 Å². The minimum Gasteiger partial charge on any atom is -0.292 e. The molecule has 0 spiro atoms. The number of rotatable bonds is 2. The van der Waals surface area contributed by atoms with Crippen molar-refractivity contribution in [2.75, 3.05) is 10.6 Å². The molecule has 5 nitrogen and oxygen atoms in total. The molecule has 0 radical (unpaired) electrons. The SMILES string of the molecule is Cc1cc(C)nc(NC(=O)Nc2cc(C)cc(C)n2)c1. The number of anilines is 2. The molecular weight excluding hydrogens is 252 g/mol. The van der Waals surface area contributed by atoms with Crippen LogP contribution in [0.3, 0.4) is 0 Å². The van der Waals surface area contributed by atoms with Crippen molar-refractivity contribution in [2.24, 2.45) is 0 Å². The number of aryl methyl sites for hydroxylation is 4. The summed E-state index contributed by atoms with van der Waals surface area (Å²) >= 11 is 0. The van der Waals surface area contributed by atoms with E-state index in [4.69, 9.17) is 0 Å². The third-order valence-corrected chi connectivity index (χ3v) is 2.68. The standard InChI is InChI=1S/C15H18N4O/c1-9-5-11(3)16-13(7-9)18-15(20)19-14-8-10(2)6-12(4)17-14/h5-8H,1-4H3,(H2,16,17,18,19,20). The number of hydrogen-bond acceptors (Lipinski definition) is 3. The molecule has 5 heteroatoms. The monoisotopic (exact) mass is 270 g/mol. The van der Waals surface area contributed by atoms with Crippen molar-refractivity contribution < 1.29 is 4.79 Å². The van der Waals surface area contributed by atoms with Crippen LogP contribution < -0.4 is 10.6 Å². The first-order valence-electron chi connectivity index (χ1n) is 6.41. The van der Waals surface area contributed by atoms with E-state index in [1.807, 2.05) is 52.0 Å². The van der Waals surface area contributed by atoms with E-state index >= 15 is 0 Å². The quantitative estimate of drug-likeness (QED) is 0.879. The maximum atomic E-state index is 11.9. The summed E-state index contributed by atoms with van der Waals surface area (Å²) in [6.45, 7) is 7.70. The Hall–Kier alpha value is -2.43. The summed E-state index contributed by atoms with van der Waals surface area (Å²) in [7, 11) is 0. The smallest absolute Gasteiger partial charge is 0.292 e. The van der Waals surface area contributed by atoms with E-state index < -0.39 is 0 Å². The number of urea groups is 1. The predicted molar refractivity (Wildman–Crippen MR) is 80.1 cm³/mol. The lowest BCUT2D eigenvalue weighted by atomic mass is 10.2. The Morgan fingerprint density at radius 3 is 1.55 bits per heavy atom. The lowest BCUT2D eigenvalue weighted by Gasteiger charge is -2.09. The minimum atomic E-state index is -0.347. The van der Waals surface area contributed by atoms with Gasteiger partial charge in [-0.3, -0.25) is 10.6 Å². The summed E-state index contributed by atoms with van der Waals surface area (Å²) in [6.07, 6.45) is 0. The largest absolute Gasteiger partial charge is 0.326 e. The highest BCUT2D eigenvalue weighted by atomic mass is 16.2. The zero-order valence-electron chi connectivity index (χ0n) is 12.1. The maximum absolute atomic E-state index is 11.9. The van der Waals surface area contributed by atoms with E-state index in [1.54, 1.807) is 0 Å². The molecule has 0 aliphatic heterocycles. The average molecular weight is 270 g/mol. The summed E-state index contributed by atoms with van der Waals surface area (Å²) in [4.78, 5) is 20.4. The number of nitrogens with one attached hydrogen (secondary N) is 2. The summed E-state index contributed by atoms with van der Waals surface area (Å²) < 4.78 is 0. The number of carbonyl (C=O) groups excluding carboxylic acids is 1. The van der Waals surface area contributed by atoms with Gasteiger partial charge >= 0.3 is 6.03 Å². The Morgan fingerprint density at radius 2 is 1.20 bits per heavy atom. The Kier molecular flexibility index (Phi) is 3.98. The number of pyridine rings is 2. The second-order valence-electron chi connectivity index (χ2n) is 4.92. The Balaban J connectivity index is 2.08. The maximum Gasteiger partial charge on any atom is 0.326 e. The molecule has 0 aliphatic carbocycles. The molecule has 2 aromatic rings.